The highest BCUT2D eigenvalue weighted by molar-refractivity contribution is 5.71. The van der Waals surface area contributed by atoms with E-state index in [0.717, 1.165) is 19.5 Å². The smallest absolute Gasteiger partial charge is 0.308 e. The van der Waals surface area contributed by atoms with E-state index in [4.69, 9.17) is 4.74 Å². The number of esters is 1. The normalized spacial score (nSPS) is 21.1. The van der Waals surface area contributed by atoms with Crippen molar-refractivity contribution in [3.05, 3.63) is 0 Å². The number of hydrogen-bond donors (Lipinski definition) is 1. The van der Waals surface area contributed by atoms with Crippen LogP contribution in [0.5, 0.6) is 0 Å². The van der Waals surface area contributed by atoms with Gasteiger partial charge in [0, 0.05) is 0 Å². The summed E-state index contributed by atoms with van der Waals surface area (Å²) in [6.45, 7) is 4.14. The molecule has 0 saturated carbocycles. The molecule has 0 bridgehead atoms. The number of nitrogens with one attached hydrogen (secondary N) is 1. The van der Waals surface area contributed by atoms with Gasteiger partial charge in [-0.25, -0.2) is 0 Å². The van der Waals surface area contributed by atoms with Crippen LogP contribution in [0, 0.1) is 11.8 Å². The molecule has 1 rings (SSSR count). The zero-order valence-electron chi connectivity index (χ0n) is 8.51. The van der Waals surface area contributed by atoms with Crippen molar-refractivity contribution < 1.29 is 9.53 Å². The quantitative estimate of drug-likeness (QED) is 0.671. The van der Waals surface area contributed by atoms with Crippen molar-refractivity contribution in [1.29, 1.82) is 0 Å². The van der Waals surface area contributed by atoms with Crippen LogP contribution >= 0.6 is 0 Å². The molecule has 0 spiro atoms. The second-order valence-corrected chi connectivity index (χ2v) is 3.85. The summed E-state index contributed by atoms with van der Waals surface area (Å²) in [5.41, 5.74) is 0. The van der Waals surface area contributed by atoms with Gasteiger partial charge in [0.25, 0.3) is 0 Å². The van der Waals surface area contributed by atoms with Crippen molar-refractivity contribution in [2.75, 3.05) is 20.2 Å². The number of carbonyl (C=O) groups is 1. The van der Waals surface area contributed by atoms with Gasteiger partial charge in [0.05, 0.1) is 13.0 Å². The second kappa shape index (κ2) is 5.22. The summed E-state index contributed by atoms with van der Waals surface area (Å²) in [6, 6.07) is 0. The summed E-state index contributed by atoms with van der Waals surface area (Å²) in [6.07, 6.45) is 3.37. The van der Waals surface area contributed by atoms with Gasteiger partial charge in [-0.1, -0.05) is 6.92 Å². The van der Waals surface area contributed by atoms with Crippen molar-refractivity contribution in [3.63, 3.8) is 0 Å². The lowest BCUT2D eigenvalue weighted by Gasteiger charge is -2.24. The molecule has 1 fully saturated rings. The van der Waals surface area contributed by atoms with Crippen LogP contribution in [0.1, 0.15) is 26.2 Å². The number of ether oxygens (including phenoxy) is 1. The average molecular weight is 185 g/mol. The lowest BCUT2D eigenvalue weighted by atomic mass is 9.89. The molecule has 76 valence electrons. The molecular formula is C10H19NO2. The van der Waals surface area contributed by atoms with Crippen LogP contribution in [-0.4, -0.2) is 26.2 Å². The summed E-state index contributed by atoms with van der Waals surface area (Å²) in [5.74, 6) is 0.696. The Morgan fingerprint density at radius 1 is 1.54 bits per heavy atom. The molecule has 3 nitrogen and oxygen atoms in total. The van der Waals surface area contributed by atoms with Gasteiger partial charge in [0.2, 0.25) is 0 Å². The summed E-state index contributed by atoms with van der Waals surface area (Å²) in [7, 11) is 1.46. The van der Waals surface area contributed by atoms with Crippen LogP contribution in [0.25, 0.3) is 0 Å². The molecule has 0 unspecified atom stereocenters. The van der Waals surface area contributed by atoms with Crippen LogP contribution in [0.4, 0.5) is 0 Å². The highest BCUT2D eigenvalue weighted by Crippen LogP contribution is 2.21. The first-order valence-corrected chi connectivity index (χ1v) is 5.02. The average Bonchev–Trinajstić information content (AvgIpc) is 2.18. The molecule has 0 aromatic heterocycles. The van der Waals surface area contributed by atoms with E-state index in [2.05, 4.69) is 5.32 Å². The first-order chi connectivity index (χ1) is 6.24. The number of hydrogen-bond acceptors (Lipinski definition) is 3. The predicted molar refractivity (Wildman–Crippen MR) is 51.4 cm³/mol. The molecule has 0 radical (unpaired) electrons. The monoisotopic (exact) mass is 185 g/mol. The van der Waals surface area contributed by atoms with Crippen molar-refractivity contribution in [2.24, 2.45) is 11.8 Å². The Bertz CT molecular complexity index is 164. The van der Waals surface area contributed by atoms with E-state index in [-0.39, 0.29) is 11.9 Å². The third-order valence-electron chi connectivity index (χ3n) is 2.75. The van der Waals surface area contributed by atoms with Crippen molar-refractivity contribution in [3.8, 4) is 0 Å². The van der Waals surface area contributed by atoms with Crippen molar-refractivity contribution in [1.82, 2.24) is 5.32 Å². The van der Waals surface area contributed by atoms with Gasteiger partial charge < -0.3 is 10.1 Å². The summed E-state index contributed by atoms with van der Waals surface area (Å²) in [5, 5.41) is 3.31. The lowest BCUT2D eigenvalue weighted by molar-refractivity contribution is -0.145. The molecule has 0 aromatic rings. The molecule has 1 heterocycles. The number of carbonyl (C=O) groups excluding carboxylic acids is 1. The van der Waals surface area contributed by atoms with Gasteiger partial charge in [-0.2, -0.15) is 0 Å². The van der Waals surface area contributed by atoms with Crippen LogP contribution in [0.3, 0.4) is 0 Å². The van der Waals surface area contributed by atoms with Gasteiger partial charge in [-0.3, -0.25) is 4.79 Å². The van der Waals surface area contributed by atoms with E-state index in [0.29, 0.717) is 5.92 Å². The largest absolute Gasteiger partial charge is 0.469 e. The molecule has 1 N–H and O–H groups in total. The predicted octanol–water partition coefficient (Wildman–Crippen LogP) is 1.19. The fraction of sp³-hybridized carbons (Fsp3) is 0.900. The van der Waals surface area contributed by atoms with E-state index in [1.807, 2.05) is 6.92 Å². The molecule has 13 heavy (non-hydrogen) atoms. The molecule has 1 atom stereocenters. The first-order valence-electron chi connectivity index (χ1n) is 5.02. The van der Waals surface area contributed by atoms with Crippen LogP contribution in [-0.2, 0) is 9.53 Å². The summed E-state index contributed by atoms with van der Waals surface area (Å²) in [4.78, 5) is 11.1. The molecule has 0 amide bonds. The molecule has 0 aliphatic carbocycles. The topological polar surface area (TPSA) is 38.3 Å². The minimum Gasteiger partial charge on any atom is -0.469 e. The van der Waals surface area contributed by atoms with Crippen LogP contribution in [0.2, 0.25) is 0 Å². The van der Waals surface area contributed by atoms with Gasteiger partial charge in [-0.15, -0.1) is 0 Å². The molecular weight excluding hydrogens is 166 g/mol. The van der Waals surface area contributed by atoms with E-state index < -0.39 is 0 Å². The second-order valence-electron chi connectivity index (χ2n) is 3.85. The van der Waals surface area contributed by atoms with E-state index in [9.17, 15) is 4.79 Å². The SMILES string of the molecule is COC(=O)[C@H](C)CC1CCNCC1. The van der Waals surface area contributed by atoms with Crippen LogP contribution < -0.4 is 5.32 Å². The van der Waals surface area contributed by atoms with Crippen molar-refractivity contribution in [2.45, 2.75) is 26.2 Å². The van der Waals surface area contributed by atoms with Gasteiger partial charge in [0.15, 0.2) is 0 Å². The molecule has 1 saturated heterocycles. The minimum atomic E-state index is -0.0708. The molecule has 1 aliphatic heterocycles. The number of piperidine rings is 1. The highest BCUT2D eigenvalue weighted by atomic mass is 16.5. The highest BCUT2D eigenvalue weighted by Gasteiger charge is 2.20. The van der Waals surface area contributed by atoms with Crippen molar-refractivity contribution >= 4 is 5.97 Å². The number of rotatable bonds is 3. The third kappa shape index (κ3) is 3.35. The Balaban J connectivity index is 2.25. The Hall–Kier alpha value is -0.570. The zero-order valence-corrected chi connectivity index (χ0v) is 8.51. The van der Waals surface area contributed by atoms with E-state index in [1.54, 1.807) is 0 Å². The van der Waals surface area contributed by atoms with Crippen LogP contribution in [0.15, 0.2) is 0 Å². The maximum Gasteiger partial charge on any atom is 0.308 e. The maximum absolute atomic E-state index is 11.1. The van der Waals surface area contributed by atoms with E-state index in [1.165, 1.54) is 20.0 Å². The summed E-state index contributed by atoms with van der Waals surface area (Å²) < 4.78 is 4.70. The Morgan fingerprint density at radius 3 is 2.69 bits per heavy atom. The summed E-state index contributed by atoms with van der Waals surface area (Å²) >= 11 is 0. The molecule has 1 aliphatic rings. The molecule has 3 heteroatoms. The third-order valence-corrected chi connectivity index (χ3v) is 2.75. The van der Waals surface area contributed by atoms with Gasteiger partial charge >= 0.3 is 5.97 Å². The van der Waals surface area contributed by atoms with Gasteiger partial charge in [-0.05, 0) is 38.3 Å². The lowest BCUT2D eigenvalue weighted by Crippen LogP contribution is -2.29. The molecule has 0 aromatic carbocycles. The first kappa shape index (κ1) is 10.5. The minimum absolute atomic E-state index is 0.0631. The Kier molecular flexibility index (Phi) is 4.22. The zero-order chi connectivity index (χ0) is 9.68. The Labute approximate surface area is 79.8 Å². The fourth-order valence-corrected chi connectivity index (χ4v) is 1.91. The number of methoxy groups -OCH3 is 1. The standard InChI is InChI=1S/C10H19NO2/c1-8(10(12)13-2)7-9-3-5-11-6-4-9/h8-9,11H,3-7H2,1-2H3/t8-/m1/s1. The van der Waals surface area contributed by atoms with E-state index >= 15 is 0 Å². The van der Waals surface area contributed by atoms with Gasteiger partial charge in [0.1, 0.15) is 0 Å². The maximum atomic E-state index is 11.1. The fourth-order valence-electron chi connectivity index (χ4n) is 1.91. The Morgan fingerprint density at radius 2 is 2.15 bits per heavy atom.